The van der Waals surface area contributed by atoms with Gasteiger partial charge in [0.05, 0.1) is 17.9 Å². The Kier molecular flexibility index (Phi) is 6.37. The van der Waals surface area contributed by atoms with Crippen LogP contribution in [-0.4, -0.2) is 30.9 Å². The Hall–Kier alpha value is -1.10. The largest absolute Gasteiger partial charge is 0.462 e. The quantitative estimate of drug-likeness (QED) is 0.514. The van der Waals surface area contributed by atoms with E-state index in [2.05, 4.69) is 0 Å². The molecule has 5 atom stereocenters. The van der Waals surface area contributed by atoms with Crippen LogP contribution in [0.2, 0.25) is 0 Å². The van der Waals surface area contributed by atoms with Crippen LogP contribution in [0.25, 0.3) is 0 Å². The lowest BCUT2D eigenvalue weighted by Crippen LogP contribution is -2.35. The van der Waals surface area contributed by atoms with Crippen molar-refractivity contribution in [2.24, 2.45) is 23.7 Å². The fourth-order valence-electron chi connectivity index (χ4n) is 4.65. The van der Waals surface area contributed by atoms with Crippen LogP contribution >= 0.6 is 0 Å². The monoisotopic (exact) mass is 352 g/mol. The van der Waals surface area contributed by atoms with E-state index in [1.165, 1.54) is 19.3 Å². The summed E-state index contributed by atoms with van der Waals surface area (Å²) in [5, 5.41) is 0. The van der Waals surface area contributed by atoms with E-state index in [-0.39, 0.29) is 48.7 Å². The highest BCUT2D eigenvalue weighted by Crippen LogP contribution is 2.50. The summed E-state index contributed by atoms with van der Waals surface area (Å²) in [6, 6.07) is 0. The van der Waals surface area contributed by atoms with Gasteiger partial charge in [0.25, 0.3) is 0 Å². The maximum atomic E-state index is 12.5. The Morgan fingerprint density at radius 2 is 1.84 bits per heavy atom. The minimum absolute atomic E-state index is 0.0642. The molecule has 0 spiro atoms. The van der Waals surface area contributed by atoms with Crippen LogP contribution in [0.3, 0.4) is 0 Å². The lowest BCUT2D eigenvalue weighted by atomic mass is 9.86. The fraction of sp³-hybridized carbons (Fsp3) is 0.900. The molecule has 0 aromatic rings. The van der Waals surface area contributed by atoms with Gasteiger partial charge in [0.1, 0.15) is 6.10 Å². The average Bonchev–Trinajstić information content (AvgIpc) is 3.22. The van der Waals surface area contributed by atoms with Gasteiger partial charge in [0.15, 0.2) is 6.79 Å². The highest BCUT2D eigenvalue weighted by atomic mass is 16.7. The van der Waals surface area contributed by atoms with Crippen molar-refractivity contribution in [2.45, 2.75) is 83.8 Å². The molecule has 2 bridgehead atoms. The predicted octanol–water partition coefficient (Wildman–Crippen LogP) is 3.84. The van der Waals surface area contributed by atoms with Gasteiger partial charge in [-0.15, -0.1) is 0 Å². The molecule has 5 nitrogen and oxygen atoms in total. The second-order valence-electron chi connectivity index (χ2n) is 8.14. The summed E-state index contributed by atoms with van der Waals surface area (Å²) in [5.41, 5.74) is 0. The Morgan fingerprint density at radius 1 is 1.08 bits per heavy atom. The van der Waals surface area contributed by atoms with Crippen molar-refractivity contribution in [2.75, 3.05) is 6.79 Å². The third kappa shape index (κ3) is 4.55. The summed E-state index contributed by atoms with van der Waals surface area (Å²) in [6.07, 6.45) is 9.47. The standard InChI is InChI=1S/C20H32O5/c1-3-13(2)19(21)25-18-11-14-9-16(18)17(10-14)20(22)24-12-23-15-7-5-4-6-8-15/h13-18H,3-12H2,1-2H3. The zero-order valence-electron chi connectivity index (χ0n) is 15.6. The zero-order chi connectivity index (χ0) is 17.8. The summed E-state index contributed by atoms with van der Waals surface area (Å²) in [7, 11) is 0. The summed E-state index contributed by atoms with van der Waals surface area (Å²) in [4.78, 5) is 24.5. The molecule has 0 N–H and O–H groups in total. The number of esters is 2. The van der Waals surface area contributed by atoms with Crippen molar-refractivity contribution in [3.63, 3.8) is 0 Å². The Morgan fingerprint density at radius 3 is 2.52 bits per heavy atom. The van der Waals surface area contributed by atoms with Crippen molar-refractivity contribution in [1.82, 2.24) is 0 Å². The van der Waals surface area contributed by atoms with Gasteiger partial charge in [-0.05, 0) is 44.4 Å². The molecule has 25 heavy (non-hydrogen) atoms. The van der Waals surface area contributed by atoms with Crippen LogP contribution in [0.5, 0.6) is 0 Å². The van der Waals surface area contributed by atoms with E-state index in [1.807, 2.05) is 13.8 Å². The van der Waals surface area contributed by atoms with Crippen LogP contribution in [0.15, 0.2) is 0 Å². The van der Waals surface area contributed by atoms with E-state index >= 15 is 0 Å². The number of fused-ring (bicyclic) bond motifs is 2. The molecule has 5 unspecified atom stereocenters. The van der Waals surface area contributed by atoms with Gasteiger partial charge < -0.3 is 14.2 Å². The lowest BCUT2D eigenvalue weighted by molar-refractivity contribution is -0.174. The van der Waals surface area contributed by atoms with E-state index in [1.54, 1.807) is 0 Å². The van der Waals surface area contributed by atoms with Crippen molar-refractivity contribution in [3.8, 4) is 0 Å². The molecule has 3 fully saturated rings. The van der Waals surface area contributed by atoms with Gasteiger partial charge in [0.2, 0.25) is 0 Å². The molecule has 0 aromatic heterocycles. The molecule has 3 rings (SSSR count). The number of rotatable bonds is 7. The van der Waals surface area contributed by atoms with Gasteiger partial charge in [0, 0.05) is 5.92 Å². The van der Waals surface area contributed by atoms with E-state index < -0.39 is 0 Å². The molecule has 3 saturated carbocycles. The minimum atomic E-state index is -0.174. The Labute approximate surface area is 150 Å². The first-order valence-corrected chi connectivity index (χ1v) is 10.1. The maximum absolute atomic E-state index is 12.5. The van der Waals surface area contributed by atoms with Gasteiger partial charge >= 0.3 is 11.9 Å². The molecule has 0 radical (unpaired) electrons. The van der Waals surface area contributed by atoms with Crippen molar-refractivity contribution in [1.29, 1.82) is 0 Å². The van der Waals surface area contributed by atoms with Gasteiger partial charge in [-0.2, -0.15) is 0 Å². The molecule has 0 saturated heterocycles. The molecule has 3 aliphatic rings. The zero-order valence-corrected chi connectivity index (χ0v) is 15.6. The van der Waals surface area contributed by atoms with Gasteiger partial charge in [-0.1, -0.05) is 33.1 Å². The highest BCUT2D eigenvalue weighted by molar-refractivity contribution is 5.74. The number of carbonyl (C=O) groups is 2. The second kappa shape index (κ2) is 8.52. The summed E-state index contributed by atoms with van der Waals surface area (Å²) < 4.78 is 16.8. The van der Waals surface area contributed by atoms with Crippen LogP contribution in [0, 0.1) is 23.7 Å². The normalized spacial score (nSPS) is 33.2. The number of hydrogen-bond donors (Lipinski definition) is 0. The van der Waals surface area contributed by atoms with Crippen molar-refractivity contribution >= 4 is 11.9 Å². The molecule has 0 aromatic carbocycles. The molecular formula is C20H32O5. The van der Waals surface area contributed by atoms with Crippen LogP contribution < -0.4 is 0 Å². The van der Waals surface area contributed by atoms with Crippen LogP contribution in [0.1, 0.15) is 71.6 Å². The molecule has 142 valence electrons. The lowest BCUT2D eigenvalue weighted by Gasteiger charge is -2.29. The fourth-order valence-corrected chi connectivity index (χ4v) is 4.65. The molecule has 5 heteroatoms. The molecular weight excluding hydrogens is 320 g/mol. The third-order valence-corrected chi connectivity index (χ3v) is 6.39. The first-order chi connectivity index (χ1) is 12.1. The van der Waals surface area contributed by atoms with E-state index in [4.69, 9.17) is 14.2 Å². The average molecular weight is 352 g/mol. The SMILES string of the molecule is CCC(C)C(=O)OC1CC2CC(C(=O)OCOC3CCCCC3)C1C2. The van der Waals surface area contributed by atoms with Crippen LogP contribution in [0.4, 0.5) is 0 Å². The first-order valence-electron chi connectivity index (χ1n) is 10.1. The number of ether oxygens (including phenoxy) is 3. The van der Waals surface area contributed by atoms with E-state index in [0.717, 1.165) is 38.5 Å². The summed E-state index contributed by atoms with van der Waals surface area (Å²) >= 11 is 0. The second-order valence-corrected chi connectivity index (χ2v) is 8.14. The topological polar surface area (TPSA) is 61.8 Å². The van der Waals surface area contributed by atoms with Crippen molar-refractivity contribution < 1.29 is 23.8 Å². The predicted molar refractivity (Wildman–Crippen MR) is 92.6 cm³/mol. The molecule has 3 aliphatic carbocycles. The minimum Gasteiger partial charge on any atom is -0.462 e. The van der Waals surface area contributed by atoms with Gasteiger partial charge in [-0.25, -0.2) is 0 Å². The number of hydrogen-bond acceptors (Lipinski definition) is 5. The van der Waals surface area contributed by atoms with E-state index in [0.29, 0.717) is 5.92 Å². The Balaban J connectivity index is 1.44. The highest BCUT2D eigenvalue weighted by Gasteiger charge is 2.51. The Bertz CT molecular complexity index is 471. The number of carbonyl (C=O) groups excluding carboxylic acids is 2. The summed E-state index contributed by atoms with van der Waals surface area (Å²) in [5.74, 6) is 0.0917. The van der Waals surface area contributed by atoms with E-state index in [9.17, 15) is 9.59 Å². The molecule has 0 heterocycles. The third-order valence-electron chi connectivity index (χ3n) is 6.39. The smallest absolute Gasteiger partial charge is 0.311 e. The van der Waals surface area contributed by atoms with Crippen molar-refractivity contribution in [3.05, 3.63) is 0 Å². The first kappa shape index (κ1) is 18.7. The molecule has 0 aliphatic heterocycles. The molecule has 0 amide bonds. The van der Waals surface area contributed by atoms with Gasteiger partial charge in [-0.3, -0.25) is 9.59 Å². The van der Waals surface area contributed by atoms with Crippen LogP contribution in [-0.2, 0) is 23.8 Å². The summed E-state index contributed by atoms with van der Waals surface area (Å²) in [6.45, 7) is 3.94. The maximum Gasteiger partial charge on any atom is 0.311 e.